The van der Waals surface area contributed by atoms with E-state index in [0.29, 0.717) is 21.8 Å². The van der Waals surface area contributed by atoms with E-state index in [2.05, 4.69) is 19.2 Å². The summed E-state index contributed by atoms with van der Waals surface area (Å²) in [6.07, 6.45) is 3.21. The zero-order valence-corrected chi connectivity index (χ0v) is 14.1. The van der Waals surface area contributed by atoms with E-state index in [1.165, 1.54) is 0 Å². The number of hydrogen-bond acceptors (Lipinski definition) is 3. The molecule has 1 aliphatic carbocycles. The van der Waals surface area contributed by atoms with Crippen molar-refractivity contribution in [3.63, 3.8) is 0 Å². The summed E-state index contributed by atoms with van der Waals surface area (Å²) in [6, 6.07) is 5.65. The smallest absolute Gasteiger partial charge is 0.128 e. The van der Waals surface area contributed by atoms with Gasteiger partial charge in [-0.1, -0.05) is 37.0 Å². The first-order valence-electron chi connectivity index (χ1n) is 7.61. The number of nitrogens with one attached hydrogen (secondary N) is 1. The molecule has 1 aromatic rings. The highest BCUT2D eigenvalue weighted by Crippen LogP contribution is 2.32. The molecular weight excluding hydrogens is 309 g/mol. The van der Waals surface area contributed by atoms with Crippen LogP contribution in [0.3, 0.4) is 0 Å². The molecule has 1 fully saturated rings. The summed E-state index contributed by atoms with van der Waals surface area (Å²) in [7, 11) is 0. The van der Waals surface area contributed by atoms with Crippen molar-refractivity contribution in [2.75, 3.05) is 13.2 Å². The fourth-order valence-electron chi connectivity index (χ4n) is 2.47. The molecule has 0 heterocycles. The molecule has 5 heteroatoms. The highest BCUT2D eigenvalue weighted by atomic mass is 35.5. The zero-order valence-electron chi connectivity index (χ0n) is 12.6. The summed E-state index contributed by atoms with van der Waals surface area (Å²) in [4.78, 5) is 0. The molecule has 1 N–H and O–H groups in total. The SMILES string of the molecule is CCCNC1CC(Oc2cc(Cl)cc(Cl)c2)C1OCCC. The second kappa shape index (κ2) is 8.23. The van der Waals surface area contributed by atoms with E-state index in [1.807, 2.05) is 0 Å². The third-order valence-corrected chi connectivity index (χ3v) is 3.98. The van der Waals surface area contributed by atoms with Crippen molar-refractivity contribution >= 4 is 23.2 Å². The number of halogens is 2. The molecular formula is C16H23Cl2NO2. The normalized spacial score (nSPS) is 24.7. The van der Waals surface area contributed by atoms with Crippen molar-refractivity contribution in [3.8, 4) is 5.75 Å². The first kappa shape index (κ1) is 16.9. The van der Waals surface area contributed by atoms with Crippen molar-refractivity contribution in [2.45, 2.75) is 51.4 Å². The monoisotopic (exact) mass is 331 g/mol. The third-order valence-electron chi connectivity index (χ3n) is 3.54. The van der Waals surface area contributed by atoms with Gasteiger partial charge in [-0.15, -0.1) is 0 Å². The van der Waals surface area contributed by atoms with Gasteiger partial charge >= 0.3 is 0 Å². The molecule has 0 bridgehead atoms. The number of rotatable bonds is 8. The molecule has 0 radical (unpaired) electrons. The second-order valence-electron chi connectivity index (χ2n) is 5.39. The quantitative estimate of drug-likeness (QED) is 0.770. The highest BCUT2D eigenvalue weighted by molar-refractivity contribution is 6.34. The van der Waals surface area contributed by atoms with Crippen molar-refractivity contribution in [1.29, 1.82) is 0 Å². The van der Waals surface area contributed by atoms with Gasteiger partial charge in [0.25, 0.3) is 0 Å². The molecule has 0 spiro atoms. The molecule has 21 heavy (non-hydrogen) atoms. The van der Waals surface area contributed by atoms with E-state index in [9.17, 15) is 0 Å². The Bertz CT molecular complexity index is 436. The number of benzene rings is 1. The predicted molar refractivity (Wildman–Crippen MR) is 87.6 cm³/mol. The molecule has 118 valence electrons. The topological polar surface area (TPSA) is 30.5 Å². The first-order valence-corrected chi connectivity index (χ1v) is 8.37. The summed E-state index contributed by atoms with van der Waals surface area (Å²) in [6.45, 7) is 6.03. The van der Waals surface area contributed by atoms with Crippen LogP contribution in [0.1, 0.15) is 33.1 Å². The van der Waals surface area contributed by atoms with Gasteiger partial charge < -0.3 is 14.8 Å². The van der Waals surface area contributed by atoms with Gasteiger partial charge in [-0.25, -0.2) is 0 Å². The lowest BCUT2D eigenvalue weighted by Gasteiger charge is -2.44. The van der Waals surface area contributed by atoms with Gasteiger partial charge in [0.1, 0.15) is 18.0 Å². The van der Waals surface area contributed by atoms with Crippen LogP contribution in [0.2, 0.25) is 10.0 Å². The largest absolute Gasteiger partial charge is 0.487 e. The zero-order chi connectivity index (χ0) is 15.2. The van der Waals surface area contributed by atoms with Crippen LogP contribution in [-0.4, -0.2) is 31.4 Å². The second-order valence-corrected chi connectivity index (χ2v) is 6.27. The van der Waals surface area contributed by atoms with E-state index >= 15 is 0 Å². The molecule has 1 aliphatic rings. The van der Waals surface area contributed by atoms with Crippen LogP contribution in [0.5, 0.6) is 5.75 Å². The Morgan fingerprint density at radius 3 is 2.48 bits per heavy atom. The van der Waals surface area contributed by atoms with Gasteiger partial charge in [0, 0.05) is 29.1 Å². The Labute approximate surface area is 136 Å². The Hall–Kier alpha value is -0.480. The van der Waals surface area contributed by atoms with Crippen LogP contribution in [0.4, 0.5) is 0 Å². The lowest BCUT2D eigenvalue weighted by Crippen LogP contribution is -2.61. The fourth-order valence-corrected chi connectivity index (χ4v) is 2.98. The van der Waals surface area contributed by atoms with Gasteiger partial charge in [-0.05, 0) is 37.6 Å². The lowest BCUT2D eigenvalue weighted by atomic mass is 9.85. The van der Waals surface area contributed by atoms with Crippen molar-refractivity contribution in [3.05, 3.63) is 28.2 Å². The van der Waals surface area contributed by atoms with Crippen LogP contribution in [-0.2, 0) is 4.74 Å². The standard InChI is InChI=1S/C16H23Cl2NO2/c1-3-5-19-14-10-15(16(14)20-6-4-2)21-13-8-11(17)7-12(18)9-13/h7-9,14-16,19H,3-6,10H2,1-2H3. The summed E-state index contributed by atoms with van der Waals surface area (Å²) >= 11 is 12.0. The molecule has 3 nitrogen and oxygen atoms in total. The van der Waals surface area contributed by atoms with E-state index in [1.54, 1.807) is 18.2 Å². The average molecular weight is 332 g/mol. The van der Waals surface area contributed by atoms with Crippen LogP contribution in [0.25, 0.3) is 0 Å². The predicted octanol–water partition coefficient (Wildman–Crippen LogP) is 4.31. The summed E-state index contributed by atoms with van der Waals surface area (Å²) in [5, 5.41) is 4.68. The third kappa shape index (κ3) is 4.75. The van der Waals surface area contributed by atoms with Crippen LogP contribution < -0.4 is 10.1 Å². The molecule has 2 rings (SSSR count). The van der Waals surface area contributed by atoms with Crippen molar-refractivity contribution < 1.29 is 9.47 Å². The molecule has 0 aliphatic heterocycles. The van der Waals surface area contributed by atoms with Crippen LogP contribution in [0.15, 0.2) is 18.2 Å². The maximum atomic E-state index is 6.00. The molecule has 0 aromatic heterocycles. The molecule has 0 saturated heterocycles. The lowest BCUT2D eigenvalue weighted by molar-refractivity contribution is -0.107. The Morgan fingerprint density at radius 2 is 1.86 bits per heavy atom. The van der Waals surface area contributed by atoms with Gasteiger partial charge in [0.15, 0.2) is 0 Å². The van der Waals surface area contributed by atoms with Crippen LogP contribution in [0, 0.1) is 0 Å². The molecule has 1 aromatic carbocycles. The van der Waals surface area contributed by atoms with Gasteiger partial charge in [-0.3, -0.25) is 0 Å². The molecule has 3 unspecified atom stereocenters. The fraction of sp³-hybridized carbons (Fsp3) is 0.625. The average Bonchev–Trinajstić information content (AvgIpc) is 2.41. The maximum Gasteiger partial charge on any atom is 0.128 e. The van der Waals surface area contributed by atoms with E-state index in [-0.39, 0.29) is 12.2 Å². The first-order chi connectivity index (χ1) is 10.1. The van der Waals surface area contributed by atoms with Crippen LogP contribution >= 0.6 is 23.2 Å². The van der Waals surface area contributed by atoms with Gasteiger partial charge in [0.05, 0.1) is 0 Å². The Kier molecular flexibility index (Phi) is 6.62. The van der Waals surface area contributed by atoms with Gasteiger partial charge in [-0.2, -0.15) is 0 Å². The Balaban J connectivity index is 1.95. The van der Waals surface area contributed by atoms with E-state index in [0.717, 1.165) is 32.4 Å². The minimum absolute atomic E-state index is 0.0560. The maximum absolute atomic E-state index is 6.00. The van der Waals surface area contributed by atoms with Gasteiger partial charge in [0.2, 0.25) is 0 Å². The van der Waals surface area contributed by atoms with E-state index < -0.39 is 0 Å². The number of hydrogen-bond donors (Lipinski definition) is 1. The minimum Gasteiger partial charge on any atom is -0.487 e. The number of ether oxygens (including phenoxy) is 2. The highest BCUT2D eigenvalue weighted by Gasteiger charge is 2.43. The molecule has 3 atom stereocenters. The molecule has 0 amide bonds. The Morgan fingerprint density at radius 1 is 1.14 bits per heavy atom. The van der Waals surface area contributed by atoms with Crippen molar-refractivity contribution in [1.82, 2.24) is 5.32 Å². The van der Waals surface area contributed by atoms with E-state index in [4.69, 9.17) is 32.7 Å². The summed E-state index contributed by atoms with van der Waals surface area (Å²) in [5.41, 5.74) is 0. The summed E-state index contributed by atoms with van der Waals surface area (Å²) in [5.74, 6) is 0.705. The van der Waals surface area contributed by atoms with Crippen molar-refractivity contribution in [2.24, 2.45) is 0 Å². The molecule has 1 saturated carbocycles. The minimum atomic E-state index is 0.0560. The summed E-state index contributed by atoms with van der Waals surface area (Å²) < 4.78 is 11.9.